The molecule has 0 amide bonds. The van der Waals surface area contributed by atoms with Crippen molar-refractivity contribution in [3.8, 4) is 16.9 Å². The highest BCUT2D eigenvalue weighted by molar-refractivity contribution is 6.32. The fourth-order valence-electron chi connectivity index (χ4n) is 10.2. The van der Waals surface area contributed by atoms with Crippen molar-refractivity contribution in [1.82, 2.24) is 0 Å². The van der Waals surface area contributed by atoms with Crippen molar-refractivity contribution < 1.29 is 39.0 Å². The number of aromatic hydroxyl groups is 1. The molecule has 0 saturated heterocycles. The Balaban J connectivity index is 1.37. The number of rotatable bonds is 7. The zero-order valence-corrected chi connectivity index (χ0v) is 28.6. The van der Waals surface area contributed by atoms with Crippen LogP contribution in [0.1, 0.15) is 101 Å². The molecule has 0 spiro atoms. The lowest BCUT2D eigenvalue weighted by atomic mass is 9.40. The average Bonchev–Trinajstić information content (AvgIpc) is 2.99. The van der Waals surface area contributed by atoms with Crippen LogP contribution in [0.3, 0.4) is 0 Å². The Kier molecular flexibility index (Phi) is 8.50. The van der Waals surface area contributed by atoms with Crippen LogP contribution in [-0.2, 0) is 36.8 Å². The number of benzene rings is 2. The molecule has 0 heterocycles. The molecule has 0 aliphatic heterocycles. The van der Waals surface area contributed by atoms with Gasteiger partial charge < -0.3 is 10.2 Å². The fraction of sp³-hybridized carbons (Fsp3) is 0.550. The Morgan fingerprint density at radius 1 is 0.917 bits per heavy atom. The summed E-state index contributed by atoms with van der Waals surface area (Å²) < 4.78 is 0. The molecule has 8 heteroatoms. The van der Waals surface area contributed by atoms with Gasteiger partial charge in [-0.2, -0.15) is 0 Å². The highest BCUT2D eigenvalue weighted by atomic mass is 16.3. The van der Waals surface area contributed by atoms with Gasteiger partial charge in [0.15, 0.2) is 28.7 Å². The lowest BCUT2D eigenvalue weighted by Crippen LogP contribution is -2.76. The second kappa shape index (κ2) is 12.0. The molecule has 0 bridgehead atoms. The van der Waals surface area contributed by atoms with Crippen LogP contribution in [0.5, 0.6) is 5.75 Å². The molecule has 4 aliphatic carbocycles. The van der Waals surface area contributed by atoms with E-state index in [1.165, 1.54) is 25.3 Å². The Morgan fingerprint density at radius 3 is 2.17 bits per heavy atom. The molecule has 2 N–H and O–H groups in total. The van der Waals surface area contributed by atoms with E-state index in [0.717, 1.165) is 30.9 Å². The minimum Gasteiger partial charge on any atom is -0.507 e. The Bertz CT molecular complexity index is 1730. The van der Waals surface area contributed by atoms with E-state index in [1.54, 1.807) is 33.8 Å². The number of hydrogen-bond acceptors (Lipinski definition) is 8. The number of carbonyl (C=O) groups excluding carboxylic acids is 6. The van der Waals surface area contributed by atoms with E-state index in [4.69, 9.17) is 0 Å². The third-order valence-corrected chi connectivity index (χ3v) is 12.2. The summed E-state index contributed by atoms with van der Waals surface area (Å²) in [5, 5.41) is 23.2. The summed E-state index contributed by atoms with van der Waals surface area (Å²) in [6.45, 7) is 7.99. The van der Waals surface area contributed by atoms with Gasteiger partial charge in [0.05, 0.1) is 11.5 Å². The molecule has 3 saturated carbocycles. The third kappa shape index (κ3) is 5.05. The van der Waals surface area contributed by atoms with Gasteiger partial charge in [0.1, 0.15) is 23.2 Å². The van der Waals surface area contributed by atoms with Gasteiger partial charge in [-0.1, -0.05) is 90.1 Å². The second-order valence-electron chi connectivity index (χ2n) is 15.9. The molecule has 8 nitrogen and oxygen atoms in total. The smallest absolute Gasteiger partial charge is 0.190 e. The van der Waals surface area contributed by atoms with Crippen LogP contribution in [0.4, 0.5) is 0 Å². The first-order valence-corrected chi connectivity index (χ1v) is 17.4. The van der Waals surface area contributed by atoms with Crippen LogP contribution >= 0.6 is 0 Å². The molecule has 0 radical (unpaired) electrons. The molecule has 6 rings (SSSR count). The molecule has 2 aromatic carbocycles. The predicted molar refractivity (Wildman–Crippen MR) is 178 cm³/mol. The number of hydrogen-bond donors (Lipinski definition) is 2. The van der Waals surface area contributed by atoms with E-state index < -0.39 is 69.0 Å². The SMILES string of the molecule is CC(=O)C1C(=O)C(C(C)C)[C@@]2(C)C[C@@]3(C)Cc4c(-c5ccc(CC(=O)CC6CCCCC6)cc5)ccc(O)c4C(=O)C3C(=O)[C@@]2(O)C1=O. The van der Waals surface area contributed by atoms with Crippen molar-refractivity contribution in [2.24, 2.45) is 40.4 Å². The van der Waals surface area contributed by atoms with Crippen LogP contribution in [-0.4, -0.2) is 50.5 Å². The van der Waals surface area contributed by atoms with Crippen molar-refractivity contribution in [3.63, 3.8) is 0 Å². The summed E-state index contributed by atoms with van der Waals surface area (Å²) in [6, 6.07) is 10.8. The van der Waals surface area contributed by atoms with Gasteiger partial charge in [-0.25, -0.2) is 0 Å². The van der Waals surface area contributed by atoms with Crippen molar-refractivity contribution >= 4 is 34.7 Å². The zero-order valence-electron chi connectivity index (χ0n) is 28.6. The first-order chi connectivity index (χ1) is 22.5. The monoisotopic (exact) mass is 654 g/mol. The van der Waals surface area contributed by atoms with Crippen molar-refractivity contribution in [3.05, 3.63) is 53.1 Å². The first-order valence-electron chi connectivity index (χ1n) is 17.4. The highest BCUT2D eigenvalue weighted by Gasteiger charge is 2.76. The molecule has 3 fully saturated rings. The maximum atomic E-state index is 14.5. The standard InChI is InChI=1S/C40H46O8/c1-21(2)32-34(44)30(22(3)41)36(46)40(48)37(47)33-35(45)31-28(19-38(33,4)20-39(32,40)5)27(15-16-29(31)43)25-13-11-24(12-14-25)18-26(42)17-23-9-7-6-8-10-23/h11-16,21,23,30,32-33,43,48H,6-10,17-20H2,1-5H3/t30?,32?,33?,38-,39-,40+/m1/s1. The molecule has 4 aliphatic rings. The number of fused-ring (bicyclic) bond motifs is 3. The van der Waals surface area contributed by atoms with Gasteiger partial charge in [0.2, 0.25) is 0 Å². The average molecular weight is 655 g/mol. The molecule has 0 aromatic heterocycles. The summed E-state index contributed by atoms with van der Waals surface area (Å²) >= 11 is 0. The van der Waals surface area contributed by atoms with E-state index in [-0.39, 0.29) is 29.9 Å². The molecular weight excluding hydrogens is 608 g/mol. The molecule has 48 heavy (non-hydrogen) atoms. The van der Waals surface area contributed by atoms with Gasteiger partial charge in [-0.15, -0.1) is 0 Å². The van der Waals surface area contributed by atoms with Gasteiger partial charge in [0, 0.05) is 24.2 Å². The van der Waals surface area contributed by atoms with Crippen LogP contribution in [0.25, 0.3) is 11.1 Å². The Labute approximate surface area is 281 Å². The molecular formula is C40H46O8. The second-order valence-corrected chi connectivity index (χ2v) is 15.9. The number of carbonyl (C=O) groups is 6. The van der Waals surface area contributed by atoms with Gasteiger partial charge in [-0.05, 0) is 65.3 Å². The minimum absolute atomic E-state index is 0.000176. The minimum atomic E-state index is -2.72. The zero-order chi connectivity index (χ0) is 34.9. The summed E-state index contributed by atoms with van der Waals surface area (Å²) in [6.07, 6.45) is 6.98. The highest BCUT2D eigenvalue weighted by Crippen LogP contribution is 2.64. The van der Waals surface area contributed by atoms with Crippen LogP contribution in [0.15, 0.2) is 36.4 Å². The normalized spacial score (nSPS) is 32.1. The number of Topliss-reactive ketones (excluding diaryl/α,β-unsaturated/α-hetero) is 6. The summed E-state index contributed by atoms with van der Waals surface area (Å²) in [7, 11) is 0. The van der Waals surface area contributed by atoms with E-state index in [9.17, 15) is 39.0 Å². The van der Waals surface area contributed by atoms with Crippen LogP contribution in [0, 0.1) is 40.4 Å². The van der Waals surface area contributed by atoms with E-state index in [1.807, 2.05) is 24.3 Å². The van der Waals surface area contributed by atoms with Gasteiger partial charge in [0.25, 0.3) is 0 Å². The predicted octanol–water partition coefficient (Wildman–Crippen LogP) is 5.84. The fourth-order valence-corrected chi connectivity index (χ4v) is 10.2. The van der Waals surface area contributed by atoms with Crippen LogP contribution in [0.2, 0.25) is 0 Å². The first kappa shape index (κ1) is 34.1. The quantitative estimate of drug-likeness (QED) is 0.355. The largest absolute Gasteiger partial charge is 0.507 e. The van der Waals surface area contributed by atoms with Gasteiger partial charge in [-0.3, -0.25) is 28.8 Å². The molecule has 3 unspecified atom stereocenters. The summed E-state index contributed by atoms with van der Waals surface area (Å²) in [5.41, 5.74) is -2.49. The number of phenolic OH excluding ortho intramolecular Hbond substituents is 1. The number of ketones is 6. The number of aliphatic hydroxyl groups is 1. The Morgan fingerprint density at radius 2 is 1.56 bits per heavy atom. The summed E-state index contributed by atoms with van der Waals surface area (Å²) in [4.78, 5) is 81.9. The Hall–Kier alpha value is -3.78. The lowest BCUT2D eigenvalue weighted by molar-refractivity contribution is -0.205. The summed E-state index contributed by atoms with van der Waals surface area (Å²) in [5.74, 6) is -8.41. The number of phenols is 1. The van der Waals surface area contributed by atoms with E-state index in [2.05, 4.69) is 0 Å². The lowest BCUT2D eigenvalue weighted by Gasteiger charge is -2.61. The topological polar surface area (TPSA) is 143 Å². The maximum absolute atomic E-state index is 14.5. The molecule has 6 atom stereocenters. The molecule has 2 aromatic rings. The third-order valence-electron chi connectivity index (χ3n) is 12.2. The maximum Gasteiger partial charge on any atom is 0.190 e. The molecule has 254 valence electrons. The van der Waals surface area contributed by atoms with Crippen molar-refractivity contribution in [2.75, 3.05) is 0 Å². The van der Waals surface area contributed by atoms with E-state index >= 15 is 0 Å². The van der Waals surface area contributed by atoms with Crippen molar-refractivity contribution in [2.45, 2.75) is 98.0 Å². The van der Waals surface area contributed by atoms with E-state index in [0.29, 0.717) is 29.9 Å². The van der Waals surface area contributed by atoms with Crippen LogP contribution < -0.4 is 0 Å². The van der Waals surface area contributed by atoms with Gasteiger partial charge >= 0.3 is 0 Å². The van der Waals surface area contributed by atoms with Crippen molar-refractivity contribution in [1.29, 1.82) is 0 Å².